The SMILES string of the molecule is Cc1cc(C)n(CCCNC(=O)c2csc(N)n2)n1. The van der Waals surface area contributed by atoms with Crippen LogP contribution < -0.4 is 11.1 Å². The van der Waals surface area contributed by atoms with E-state index in [0.717, 1.165) is 24.4 Å². The van der Waals surface area contributed by atoms with Crippen LogP contribution in [0.25, 0.3) is 0 Å². The van der Waals surface area contributed by atoms with Crippen molar-refractivity contribution in [3.05, 3.63) is 28.5 Å². The van der Waals surface area contributed by atoms with Crippen molar-refractivity contribution in [2.75, 3.05) is 12.3 Å². The smallest absolute Gasteiger partial charge is 0.270 e. The third-order valence-corrected chi connectivity index (χ3v) is 3.36. The Balaban J connectivity index is 1.75. The number of anilines is 1. The molecular weight excluding hydrogens is 262 g/mol. The molecule has 2 aromatic rings. The molecule has 2 heterocycles. The first-order valence-electron chi connectivity index (χ1n) is 6.06. The average Bonchev–Trinajstić information content (AvgIpc) is 2.91. The molecule has 0 fully saturated rings. The molecule has 6 nitrogen and oxygen atoms in total. The monoisotopic (exact) mass is 279 g/mol. The lowest BCUT2D eigenvalue weighted by Gasteiger charge is -2.05. The summed E-state index contributed by atoms with van der Waals surface area (Å²) in [6.45, 7) is 5.38. The second-order valence-corrected chi connectivity index (χ2v) is 5.22. The molecule has 0 aliphatic heterocycles. The van der Waals surface area contributed by atoms with E-state index < -0.39 is 0 Å². The maximum Gasteiger partial charge on any atom is 0.270 e. The maximum absolute atomic E-state index is 11.7. The molecule has 2 rings (SSSR count). The minimum absolute atomic E-state index is 0.179. The summed E-state index contributed by atoms with van der Waals surface area (Å²) in [5.41, 5.74) is 8.01. The van der Waals surface area contributed by atoms with E-state index in [1.165, 1.54) is 11.3 Å². The fourth-order valence-electron chi connectivity index (χ4n) is 1.81. The van der Waals surface area contributed by atoms with Crippen LogP contribution in [-0.4, -0.2) is 27.2 Å². The Morgan fingerprint density at radius 2 is 2.32 bits per heavy atom. The van der Waals surface area contributed by atoms with Crippen LogP contribution >= 0.6 is 11.3 Å². The van der Waals surface area contributed by atoms with Gasteiger partial charge < -0.3 is 11.1 Å². The number of carbonyl (C=O) groups excluding carboxylic acids is 1. The summed E-state index contributed by atoms with van der Waals surface area (Å²) in [6, 6.07) is 2.04. The number of hydrogen-bond donors (Lipinski definition) is 2. The zero-order valence-corrected chi connectivity index (χ0v) is 11.8. The van der Waals surface area contributed by atoms with Gasteiger partial charge in [-0.2, -0.15) is 5.10 Å². The lowest BCUT2D eigenvalue weighted by Crippen LogP contribution is -2.25. The molecule has 0 saturated heterocycles. The molecule has 0 bridgehead atoms. The standard InChI is InChI=1S/C12H17N5OS/c1-8-6-9(2)17(16-8)5-3-4-14-11(18)10-7-19-12(13)15-10/h6-7H,3-5H2,1-2H3,(H2,13,15)(H,14,18). The Kier molecular flexibility index (Phi) is 4.16. The van der Waals surface area contributed by atoms with Crippen molar-refractivity contribution in [3.8, 4) is 0 Å². The molecule has 7 heteroatoms. The molecule has 0 aromatic carbocycles. The van der Waals surface area contributed by atoms with Gasteiger partial charge in [0.25, 0.3) is 5.91 Å². The van der Waals surface area contributed by atoms with Crippen molar-refractivity contribution >= 4 is 22.4 Å². The zero-order valence-electron chi connectivity index (χ0n) is 11.0. The first-order chi connectivity index (χ1) is 9.06. The minimum atomic E-state index is -0.179. The summed E-state index contributed by atoms with van der Waals surface area (Å²) >= 11 is 1.27. The van der Waals surface area contributed by atoms with E-state index in [4.69, 9.17) is 5.73 Å². The number of rotatable bonds is 5. The van der Waals surface area contributed by atoms with Crippen molar-refractivity contribution < 1.29 is 4.79 Å². The Labute approximate surface area is 115 Å². The van der Waals surface area contributed by atoms with Gasteiger partial charge in [0, 0.05) is 24.2 Å². The van der Waals surface area contributed by atoms with E-state index in [1.54, 1.807) is 5.38 Å². The van der Waals surface area contributed by atoms with Gasteiger partial charge in [-0.15, -0.1) is 11.3 Å². The number of amides is 1. The Morgan fingerprint density at radius 3 is 2.89 bits per heavy atom. The van der Waals surface area contributed by atoms with Crippen LogP contribution in [0.2, 0.25) is 0 Å². The summed E-state index contributed by atoms with van der Waals surface area (Å²) in [5, 5.41) is 9.25. The molecule has 0 spiro atoms. The van der Waals surface area contributed by atoms with Gasteiger partial charge >= 0.3 is 0 Å². The lowest BCUT2D eigenvalue weighted by atomic mass is 10.3. The van der Waals surface area contributed by atoms with Crippen molar-refractivity contribution in [1.29, 1.82) is 0 Å². The number of aromatic nitrogens is 3. The highest BCUT2D eigenvalue weighted by atomic mass is 32.1. The second-order valence-electron chi connectivity index (χ2n) is 4.33. The number of hydrogen-bond acceptors (Lipinski definition) is 5. The number of nitrogens with two attached hydrogens (primary N) is 1. The minimum Gasteiger partial charge on any atom is -0.375 e. The van der Waals surface area contributed by atoms with Crippen LogP contribution in [0.15, 0.2) is 11.4 Å². The summed E-state index contributed by atoms with van der Waals surface area (Å²) in [7, 11) is 0. The summed E-state index contributed by atoms with van der Waals surface area (Å²) in [6.07, 6.45) is 0.827. The highest BCUT2D eigenvalue weighted by Gasteiger charge is 2.08. The molecule has 3 N–H and O–H groups in total. The van der Waals surface area contributed by atoms with Crippen molar-refractivity contribution in [2.45, 2.75) is 26.8 Å². The fraction of sp³-hybridized carbons (Fsp3) is 0.417. The normalized spacial score (nSPS) is 10.6. The molecule has 0 aliphatic rings. The molecule has 0 unspecified atom stereocenters. The first-order valence-corrected chi connectivity index (χ1v) is 6.94. The molecular formula is C12H17N5OS. The second kappa shape index (κ2) is 5.83. The number of nitrogens with one attached hydrogen (secondary N) is 1. The number of thiazole rings is 1. The van der Waals surface area contributed by atoms with Crippen LogP contribution in [0.5, 0.6) is 0 Å². The van der Waals surface area contributed by atoms with E-state index in [2.05, 4.69) is 15.4 Å². The van der Waals surface area contributed by atoms with E-state index in [-0.39, 0.29) is 5.91 Å². The predicted octanol–water partition coefficient (Wildman–Crippen LogP) is 1.36. The van der Waals surface area contributed by atoms with Gasteiger partial charge in [-0.3, -0.25) is 9.48 Å². The molecule has 0 aliphatic carbocycles. The molecule has 102 valence electrons. The Hall–Kier alpha value is -1.89. The van der Waals surface area contributed by atoms with Gasteiger partial charge in [-0.1, -0.05) is 0 Å². The molecule has 2 aromatic heterocycles. The van der Waals surface area contributed by atoms with Gasteiger partial charge in [-0.05, 0) is 26.3 Å². The third-order valence-electron chi connectivity index (χ3n) is 2.69. The van der Waals surface area contributed by atoms with Gasteiger partial charge in [0.05, 0.1) is 5.69 Å². The first kappa shape index (κ1) is 13.5. The van der Waals surface area contributed by atoms with Gasteiger partial charge in [0.1, 0.15) is 5.69 Å². The number of nitrogens with zero attached hydrogens (tertiary/aromatic N) is 3. The highest BCUT2D eigenvalue weighted by Crippen LogP contribution is 2.10. The zero-order chi connectivity index (χ0) is 13.8. The molecule has 0 saturated carbocycles. The number of carbonyl (C=O) groups is 1. The average molecular weight is 279 g/mol. The third kappa shape index (κ3) is 3.54. The highest BCUT2D eigenvalue weighted by molar-refractivity contribution is 7.13. The molecule has 0 atom stereocenters. The van der Waals surface area contributed by atoms with Crippen LogP contribution in [-0.2, 0) is 6.54 Å². The van der Waals surface area contributed by atoms with Gasteiger partial charge in [-0.25, -0.2) is 4.98 Å². The van der Waals surface area contributed by atoms with Crippen molar-refractivity contribution in [1.82, 2.24) is 20.1 Å². The number of nitrogen functional groups attached to an aromatic ring is 1. The Morgan fingerprint density at radius 1 is 1.53 bits per heavy atom. The lowest BCUT2D eigenvalue weighted by molar-refractivity contribution is 0.0948. The molecule has 0 radical (unpaired) electrons. The Bertz CT molecular complexity index is 574. The largest absolute Gasteiger partial charge is 0.375 e. The van der Waals surface area contributed by atoms with Gasteiger partial charge in [0.2, 0.25) is 0 Å². The summed E-state index contributed by atoms with van der Waals surface area (Å²) in [5.74, 6) is -0.179. The summed E-state index contributed by atoms with van der Waals surface area (Å²) < 4.78 is 1.95. The quantitative estimate of drug-likeness (QED) is 0.809. The summed E-state index contributed by atoms with van der Waals surface area (Å²) in [4.78, 5) is 15.6. The topological polar surface area (TPSA) is 85.8 Å². The van der Waals surface area contributed by atoms with Crippen molar-refractivity contribution in [2.24, 2.45) is 0 Å². The van der Waals surface area contributed by atoms with Crippen LogP contribution in [0.1, 0.15) is 28.3 Å². The predicted molar refractivity (Wildman–Crippen MR) is 75.2 cm³/mol. The van der Waals surface area contributed by atoms with E-state index in [9.17, 15) is 4.79 Å². The fourth-order valence-corrected chi connectivity index (χ4v) is 2.36. The van der Waals surface area contributed by atoms with Crippen LogP contribution in [0.4, 0.5) is 5.13 Å². The number of aryl methyl sites for hydroxylation is 3. The van der Waals surface area contributed by atoms with Crippen LogP contribution in [0, 0.1) is 13.8 Å². The van der Waals surface area contributed by atoms with Crippen molar-refractivity contribution in [3.63, 3.8) is 0 Å². The van der Waals surface area contributed by atoms with E-state index >= 15 is 0 Å². The van der Waals surface area contributed by atoms with E-state index in [0.29, 0.717) is 17.4 Å². The molecule has 1 amide bonds. The molecule has 19 heavy (non-hydrogen) atoms. The van der Waals surface area contributed by atoms with Gasteiger partial charge in [0.15, 0.2) is 5.13 Å². The maximum atomic E-state index is 11.7. The van der Waals surface area contributed by atoms with Crippen LogP contribution in [0.3, 0.4) is 0 Å². The van der Waals surface area contributed by atoms with E-state index in [1.807, 2.05) is 24.6 Å².